The topological polar surface area (TPSA) is 58.4 Å². The lowest BCUT2D eigenvalue weighted by Crippen LogP contribution is -2.18. The van der Waals surface area contributed by atoms with Crippen LogP contribution in [0, 0.1) is 10.1 Å². The van der Waals surface area contributed by atoms with Crippen molar-refractivity contribution in [2.24, 2.45) is 0 Å². The number of nitro benzene ring substituents is 1. The first kappa shape index (κ1) is 10.7. The molecular weight excluding hydrogens is 206 g/mol. The molecule has 0 amide bonds. The molecule has 0 aromatic heterocycles. The Morgan fingerprint density at radius 2 is 2.06 bits per heavy atom. The van der Waals surface area contributed by atoms with Gasteiger partial charge in [0.25, 0.3) is 5.69 Å². The molecule has 1 aromatic carbocycles. The molecule has 0 radical (unpaired) electrons. The van der Waals surface area contributed by atoms with Gasteiger partial charge < -0.3 is 10.2 Å². The van der Waals surface area contributed by atoms with Crippen molar-refractivity contribution in [3.8, 4) is 0 Å². The number of benzene rings is 1. The Bertz CT molecular complexity index is 400. The van der Waals surface area contributed by atoms with E-state index in [0.717, 1.165) is 24.5 Å². The molecule has 1 saturated heterocycles. The minimum absolute atomic E-state index is 0.132. The van der Waals surface area contributed by atoms with E-state index in [-0.39, 0.29) is 10.6 Å². The number of nitrogens with one attached hydrogen (secondary N) is 1. The summed E-state index contributed by atoms with van der Waals surface area (Å²) in [6.07, 6.45) is 2.39. The summed E-state index contributed by atoms with van der Waals surface area (Å²) in [5, 5.41) is 13.7. The Balaban J connectivity index is 2.34. The maximum Gasteiger partial charge on any atom is 0.271 e. The molecule has 1 aliphatic rings. The van der Waals surface area contributed by atoms with E-state index in [1.807, 2.05) is 6.07 Å². The minimum atomic E-state index is -0.366. The van der Waals surface area contributed by atoms with Gasteiger partial charge in [-0.05, 0) is 18.9 Å². The zero-order chi connectivity index (χ0) is 11.5. The molecule has 86 valence electrons. The van der Waals surface area contributed by atoms with Gasteiger partial charge in [-0.15, -0.1) is 0 Å². The first-order valence-electron chi connectivity index (χ1n) is 5.43. The number of anilines is 2. The van der Waals surface area contributed by atoms with Gasteiger partial charge in [0.2, 0.25) is 0 Å². The monoisotopic (exact) mass is 221 g/mol. The lowest BCUT2D eigenvalue weighted by atomic mass is 10.2. The van der Waals surface area contributed by atoms with Crippen LogP contribution in [0.4, 0.5) is 17.1 Å². The van der Waals surface area contributed by atoms with E-state index >= 15 is 0 Å². The van der Waals surface area contributed by atoms with Gasteiger partial charge in [0.05, 0.1) is 16.3 Å². The smallest absolute Gasteiger partial charge is 0.271 e. The average Bonchev–Trinajstić information content (AvgIpc) is 2.81. The minimum Gasteiger partial charge on any atom is -0.386 e. The number of nitro groups is 1. The lowest BCUT2D eigenvalue weighted by Gasteiger charge is -2.20. The Kier molecular flexibility index (Phi) is 2.94. The Morgan fingerprint density at radius 3 is 2.62 bits per heavy atom. The van der Waals surface area contributed by atoms with Gasteiger partial charge in [0, 0.05) is 32.3 Å². The van der Waals surface area contributed by atoms with E-state index in [9.17, 15) is 10.1 Å². The van der Waals surface area contributed by atoms with Crippen molar-refractivity contribution in [2.75, 3.05) is 30.4 Å². The summed E-state index contributed by atoms with van der Waals surface area (Å²) in [7, 11) is 1.79. The van der Waals surface area contributed by atoms with Crippen molar-refractivity contribution >= 4 is 17.1 Å². The molecule has 0 saturated carbocycles. The predicted molar refractivity (Wildman–Crippen MR) is 64.1 cm³/mol. The number of nitrogens with zero attached hydrogens (tertiary/aromatic N) is 2. The largest absolute Gasteiger partial charge is 0.386 e. The van der Waals surface area contributed by atoms with Gasteiger partial charge in [-0.25, -0.2) is 0 Å². The van der Waals surface area contributed by atoms with Crippen molar-refractivity contribution in [1.29, 1.82) is 0 Å². The molecule has 0 aliphatic carbocycles. The predicted octanol–water partition coefficient (Wildman–Crippen LogP) is 2.24. The summed E-state index contributed by atoms with van der Waals surface area (Å²) in [4.78, 5) is 12.6. The van der Waals surface area contributed by atoms with Crippen LogP contribution >= 0.6 is 0 Å². The van der Waals surface area contributed by atoms with Crippen LogP contribution < -0.4 is 10.2 Å². The van der Waals surface area contributed by atoms with E-state index in [2.05, 4.69) is 10.2 Å². The van der Waals surface area contributed by atoms with Crippen molar-refractivity contribution < 1.29 is 4.92 Å². The third-order valence-electron chi connectivity index (χ3n) is 2.91. The summed E-state index contributed by atoms with van der Waals surface area (Å²) in [5.74, 6) is 0. The number of hydrogen-bond donors (Lipinski definition) is 1. The molecule has 16 heavy (non-hydrogen) atoms. The third kappa shape index (κ3) is 1.93. The van der Waals surface area contributed by atoms with Crippen LogP contribution in [0.5, 0.6) is 0 Å². The van der Waals surface area contributed by atoms with Gasteiger partial charge in [-0.3, -0.25) is 10.1 Å². The van der Waals surface area contributed by atoms with Crippen LogP contribution in [0.15, 0.2) is 18.2 Å². The van der Waals surface area contributed by atoms with Crippen LogP contribution in [0.2, 0.25) is 0 Å². The van der Waals surface area contributed by atoms with Crippen molar-refractivity contribution in [3.63, 3.8) is 0 Å². The fourth-order valence-corrected chi connectivity index (χ4v) is 2.07. The molecule has 1 aromatic rings. The quantitative estimate of drug-likeness (QED) is 0.628. The third-order valence-corrected chi connectivity index (χ3v) is 2.91. The van der Waals surface area contributed by atoms with Gasteiger partial charge in [0.15, 0.2) is 0 Å². The zero-order valence-electron chi connectivity index (χ0n) is 9.27. The SMILES string of the molecule is CNc1cc([N+](=O)[O-])ccc1N1CCCC1. The van der Waals surface area contributed by atoms with Gasteiger partial charge >= 0.3 is 0 Å². The highest BCUT2D eigenvalue weighted by molar-refractivity contribution is 5.73. The zero-order valence-corrected chi connectivity index (χ0v) is 9.27. The van der Waals surface area contributed by atoms with Gasteiger partial charge in [-0.1, -0.05) is 0 Å². The summed E-state index contributed by atoms with van der Waals surface area (Å²) in [6.45, 7) is 2.07. The molecule has 1 fully saturated rings. The molecule has 5 heteroatoms. The first-order chi connectivity index (χ1) is 7.72. The molecule has 1 aliphatic heterocycles. The Hall–Kier alpha value is -1.78. The molecule has 0 unspecified atom stereocenters. The van der Waals surface area contributed by atoms with Crippen LogP contribution in [0.1, 0.15) is 12.8 Å². The number of hydrogen-bond acceptors (Lipinski definition) is 4. The lowest BCUT2D eigenvalue weighted by molar-refractivity contribution is -0.384. The maximum absolute atomic E-state index is 10.7. The second kappa shape index (κ2) is 4.38. The van der Waals surface area contributed by atoms with Crippen LogP contribution in [-0.4, -0.2) is 25.1 Å². The Morgan fingerprint density at radius 1 is 1.38 bits per heavy atom. The molecule has 2 rings (SSSR count). The molecule has 5 nitrogen and oxygen atoms in total. The molecular formula is C11H15N3O2. The van der Waals surface area contributed by atoms with E-state index in [1.165, 1.54) is 12.8 Å². The molecule has 1 N–H and O–H groups in total. The van der Waals surface area contributed by atoms with Crippen molar-refractivity contribution in [2.45, 2.75) is 12.8 Å². The van der Waals surface area contributed by atoms with Crippen molar-refractivity contribution in [1.82, 2.24) is 0 Å². The van der Waals surface area contributed by atoms with Gasteiger partial charge in [0.1, 0.15) is 0 Å². The fraction of sp³-hybridized carbons (Fsp3) is 0.455. The van der Waals surface area contributed by atoms with Crippen molar-refractivity contribution in [3.05, 3.63) is 28.3 Å². The molecule has 1 heterocycles. The Labute approximate surface area is 94.2 Å². The van der Waals surface area contributed by atoms with E-state index in [1.54, 1.807) is 19.2 Å². The summed E-state index contributed by atoms with van der Waals surface area (Å²) < 4.78 is 0. The van der Waals surface area contributed by atoms with E-state index in [0.29, 0.717) is 0 Å². The van der Waals surface area contributed by atoms with E-state index < -0.39 is 0 Å². The average molecular weight is 221 g/mol. The normalized spacial score (nSPS) is 15.2. The first-order valence-corrected chi connectivity index (χ1v) is 5.43. The molecule has 0 bridgehead atoms. The van der Waals surface area contributed by atoms with Crippen LogP contribution in [-0.2, 0) is 0 Å². The summed E-state index contributed by atoms with van der Waals surface area (Å²) >= 11 is 0. The maximum atomic E-state index is 10.7. The summed E-state index contributed by atoms with van der Waals surface area (Å²) in [5.41, 5.74) is 2.02. The fourth-order valence-electron chi connectivity index (χ4n) is 2.07. The highest BCUT2D eigenvalue weighted by Gasteiger charge is 2.17. The molecule has 0 spiro atoms. The highest BCUT2D eigenvalue weighted by Crippen LogP contribution is 2.31. The van der Waals surface area contributed by atoms with Crippen LogP contribution in [0.3, 0.4) is 0 Å². The number of rotatable bonds is 3. The highest BCUT2D eigenvalue weighted by atomic mass is 16.6. The summed E-state index contributed by atoms with van der Waals surface area (Å²) in [6, 6.07) is 4.98. The van der Waals surface area contributed by atoms with Crippen LogP contribution in [0.25, 0.3) is 0 Å². The standard InChI is InChI=1S/C11H15N3O2/c1-12-10-8-9(14(15)16)4-5-11(10)13-6-2-3-7-13/h4-5,8,12H,2-3,6-7H2,1H3. The van der Waals surface area contributed by atoms with Gasteiger partial charge in [-0.2, -0.15) is 0 Å². The molecule has 0 atom stereocenters. The second-order valence-corrected chi connectivity index (χ2v) is 3.90. The number of non-ortho nitro benzene ring substituents is 1. The second-order valence-electron chi connectivity index (χ2n) is 3.90. The van der Waals surface area contributed by atoms with E-state index in [4.69, 9.17) is 0 Å².